The number of nitrogens with two attached hydrogens (primary N) is 2. The zero-order valence-electron chi connectivity index (χ0n) is 10.8. The highest BCUT2D eigenvalue weighted by Crippen LogP contribution is 2.29. The zero-order chi connectivity index (χ0) is 13.8. The van der Waals surface area contributed by atoms with Gasteiger partial charge < -0.3 is 16.2 Å². The summed E-state index contributed by atoms with van der Waals surface area (Å²) in [4.78, 5) is 11.1. The van der Waals surface area contributed by atoms with Crippen LogP contribution in [0.2, 0.25) is 0 Å². The van der Waals surface area contributed by atoms with Gasteiger partial charge in [-0.2, -0.15) is 0 Å². The highest BCUT2D eigenvalue weighted by atomic mass is 79.9. The predicted octanol–water partition coefficient (Wildman–Crippen LogP) is 2.59. The van der Waals surface area contributed by atoms with Crippen molar-refractivity contribution in [2.45, 2.75) is 44.2 Å². The molecule has 1 fully saturated rings. The quantitative estimate of drug-likeness (QED) is 0.838. The van der Waals surface area contributed by atoms with Gasteiger partial charge in [0.25, 0.3) is 0 Å². The van der Waals surface area contributed by atoms with E-state index in [9.17, 15) is 4.79 Å². The maximum Gasteiger partial charge on any atom is 0.248 e. The molecular formula is C14H19BrN2O2. The molecular weight excluding hydrogens is 308 g/mol. The number of amides is 1. The van der Waals surface area contributed by atoms with Gasteiger partial charge in [-0.3, -0.25) is 4.79 Å². The van der Waals surface area contributed by atoms with E-state index < -0.39 is 5.91 Å². The molecule has 1 saturated carbocycles. The molecule has 1 aromatic carbocycles. The van der Waals surface area contributed by atoms with Crippen LogP contribution >= 0.6 is 15.9 Å². The smallest absolute Gasteiger partial charge is 0.248 e. The molecule has 0 radical (unpaired) electrons. The van der Waals surface area contributed by atoms with Gasteiger partial charge in [-0.15, -0.1) is 0 Å². The first-order valence-electron chi connectivity index (χ1n) is 6.59. The first-order chi connectivity index (χ1) is 9.08. The van der Waals surface area contributed by atoms with E-state index in [1.54, 1.807) is 18.2 Å². The molecule has 1 aromatic rings. The fraction of sp³-hybridized carbons (Fsp3) is 0.500. The summed E-state index contributed by atoms with van der Waals surface area (Å²) in [5.74, 6) is 0.269. The Labute approximate surface area is 121 Å². The van der Waals surface area contributed by atoms with Gasteiger partial charge in [0, 0.05) is 11.6 Å². The number of hydrogen-bond donors (Lipinski definition) is 2. The summed E-state index contributed by atoms with van der Waals surface area (Å²) >= 11 is 3.41. The fourth-order valence-corrected chi connectivity index (χ4v) is 2.83. The number of carbonyl (C=O) groups excluding carboxylic acids is 1. The molecule has 19 heavy (non-hydrogen) atoms. The van der Waals surface area contributed by atoms with Gasteiger partial charge in [-0.1, -0.05) is 12.8 Å². The van der Waals surface area contributed by atoms with Crippen LogP contribution < -0.4 is 16.2 Å². The SMILES string of the molecule is NC(=O)c1ccc(OC2CCCCCC2N)c(Br)c1. The van der Waals surface area contributed by atoms with Gasteiger partial charge in [0.15, 0.2) is 0 Å². The molecule has 4 nitrogen and oxygen atoms in total. The van der Waals surface area contributed by atoms with Crippen molar-refractivity contribution in [3.05, 3.63) is 28.2 Å². The van der Waals surface area contributed by atoms with E-state index in [1.807, 2.05) is 0 Å². The number of ether oxygens (including phenoxy) is 1. The lowest BCUT2D eigenvalue weighted by Crippen LogP contribution is -2.37. The normalized spacial score (nSPS) is 23.7. The summed E-state index contributed by atoms with van der Waals surface area (Å²) in [6.45, 7) is 0. The second-order valence-electron chi connectivity index (χ2n) is 4.97. The van der Waals surface area contributed by atoms with E-state index >= 15 is 0 Å². The Kier molecular flexibility index (Phi) is 4.82. The number of hydrogen-bond acceptors (Lipinski definition) is 3. The first-order valence-corrected chi connectivity index (χ1v) is 7.39. The summed E-state index contributed by atoms with van der Waals surface area (Å²) in [5.41, 5.74) is 11.8. The molecule has 0 spiro atoms. The second kappa shape index (κ2) is 6.39. The zero-order valence-corrected chi connectivity index (χ0v) is 12.4. The molecule has 4 N–H and O–H groups in total. The van der Waals surface area contributed by atoms with Crippen molar-refractivity contribution in [2.24, 2.45) is 11.5 Å². The summed E-state index contributed by atoms with van der Waals surface area (Å²) in [6.07, 6.45) is 5.55. The Bertz CT molecular complexity index is 465. The van der Waals surface area contributed by atoms with Gasteiger partial charge in [-0.05, 0) is 53.4 Å². The predicted molar refractivity (Wildman–Crippen MR) is 78.1 cm³/mol. The van der Waals surface area contributed by atoms with Gasteiger partial charge in [0.05, 0.1) is 4.47 Å². The van der Waals surface area contributed by atoms with Gasteiger partial charge in [0.1, 0.15) is 11.9 Å². The third-order valence-corrected chi connectivity index (χ3v) is 4.12. The van der Waals surface area contributed by atoms with E-state index in [4.69, 9.17) is 16.2 Å². The minimum absolute atomic E-state index is 0.0400. The Morgan fingerprint density at radius 2 is 2.00 bits per heavy atom. The molecule has 0 heterocycles. The highest BCUT2D eigenvalue weighted by Gasteiger charge is 2.22. The third kappa shape index (κ3) is 3.70. The summed E-state index contributed by atoms with van der Waals surface area (Å²) in [5, 5.41) is 0. The minimum Gasteiger partial charge on any atom is -0.488 e. The lowest BCUT2D eigenvalue weighted by Gasteiger charge is -2.23. The molecule has 0 aromatic heterocycles. The van der Waals surface area contributed by atoms with Crippen LogP contribution in [0.5, 0.6) is 5.75 Å². The highest BCUT2D eigenvalue weighted by molar-refractivity contribution is 9.10. The molecule has 5 heteroatoms. The van der Waals surface area contributed by atoms with Crippen molar-refractivity contribution in [3.63, 3.8) is 0 Å². The number of halogens is 1. The van der Waals surface area contributed by atoms with Crippen LogP contribution in [-0.4, -0.2) is 18.1 Å². The Hall–Kier alpha value is -1.07. The number of primary amides is 1. The lowest BCUT2D eigenvalue weighted by atomic mass is 10.1. The number of carbonyl (C=O) groups is 1. The van der Waals surface area contributed by atoms with Crippen molar-refractivity contribution < 1.29 is 9.53 Å². The van der Waals surface area contributed by atoms with Crippen LogP contribution in [0, 0.1) is 0 Å². The summed E-state index contributed by atoms with van der Waals surface area (Å²) in [7, 11) is 0. The van der Waals surface area contributed by atoms with Crippen molar-refractivity contribution >= 4 is 21.8 Å². The lowest BCUT2D eigenvalue weighted by molar-refractivity contribution is 0.1000. The van der Waals surface area contributed by atoms with E-state index in [0.717, 1.165) is 23.7 Å². The van der Waals surface area contributed by atoms with Gasteiger partial charge >= 0.3 is 0 Å². The Balaban J connectivity index is 2.11. The largest absolute Gasteiger partial charge is 0.488 e. The molecule has 2 atom stereocenters. The molecule has 104 valence electrons. The molecule has 2 unspecified atom stereocenters. The van der Waals surface area contributed by atoms with E-state index in [0.29, 0.717) is 11.3 Å². The maximum atomic E-state index is 11.1. The van der Waals surface area contributed by atoms with Crippen LogP contribution in [0.25, 0.3) is 0 Å². The topological polar surface area (TPSA) is 78.3 Å². The molecule has 0 aliphatic heterocycles. The van der Waals surface area contributed by atoms with Crippen LogP contribution in [0.4, 0.5) is 0 Å². The van der Waals surface area contributed by atoms with Gasteiger partial charge in [-0.25, -0.2) is 0 Å². The standard InChI is InChI=1S/C14H19BrN2O2/c15-10-8-9(14(17)18)6-7-12(10)19-13-5-3-1-2-4-11(13)16/h6-8,11,13H,1-5,16H2,(H2,17,18). The fourth-order valence-electron chi connectivity index (χ4n) is 2.36. The van der Waals surface area contributed by atoms with Crippen LogP contribution in [0.15, 0.2) is 22.7 Å². The van der Waals surface area contributed by atoms with Crippen molar-refractivity contribution in [3.8, 4) is 5.75 Å². The molecule has 1 aliphatic carbocycles. The van der Waals surface area contributed by atoms with Crippen molar-refractivity contribution in [2.75, 3.05) is 0 Å². The van der Waals surface area contributed by atoms with Crippen molar-refractivity contribution in [1.82, 2.24) is 0 Å². The van der Waals surface area contributed by atoms with Crippen LogP contribution in [0.3, 0.4) is 0 Å². The third-order valence-electron chi connectivity index (χ3n) is 3.50. The second-order valence-corrected chi connectivity index (χ2v) is 5.82. The van der Waals surface area contributed by atoms with Crippen LogP contribution in [-0.2, 0) is 0 Å². The molecule has 0 bridgehead atoms. The molecule has 0 saturated heterocycles. The number of benzene rings is 1. The average molecular weight is 327 g/mol. The number of rotatable bonds is 3. The van der Waals surface area contributed by atoms with Crippen LogP contribution in [0.1, 0.15) is 42.5 Å². The molecule has 1 aliphatic rings. The Morgan fingerprint density at radius 3 is 2.68 bits per heavy atom. The monoisotopic (exact) mass is 326 g/mol. The average Bonchev–Trinajstić information content (AvgIpc) is 2.57. The summed E-state index contributed by atoms with van der Waals surface area (Å²) < 4.78 is 6.73. The first kappa shape index (κ1) is 14.3. The minimum atomic E-state index is -0.446. The van der Waals surface area contributed by atoms with E-state index in [-0.39, 0.29) is 12.1 Å². The van der Waals surface area contributed by atoms with E-state index in [2.05, 4.69) is 15.9 Å². The molecule has 1 amide bonds. The van der Waals surface area contributed by atoms with E-state index in [1.165, 1.54) is 12.8 Å². The van der Waals surface area contributed by atoms with Crippen molar-refractivity contribution in [1.29, 1.82) is 0 Å². The Morgan fingerprint density at radius 1 is 1.26 bits per heavy atom. The maximum absolute atomic E-state index is 11.1. The van der Waals surface area contributed by atoms with Gasteiger partial charge in [0.2, 0.25) is 5.91 Å². The molecule has 2 rings (SSSR count). The summed E-state index contributed by atoms with van der Waals surface area (Å²) in [6, 6.07) is 5.19.